The molecule has 5 heteroatoms. The van der Waals surface area contributed by atoms with Gasteiger partial charge in [-0.2, -0.15) is 0 Å². The third-order valence-corrected chi connectivity index (χ3v) is 3.28. The molecule has 0 radical (unpaired) electrons. The Balaban J connectivity index is 4.06. The molecular formula is C10H20N2O2S. The molecule has 0 amide bonds. The number of sulfonamides is 1. The molecule has 88 valence electrons. The maximum absolute atomic E-state index is 11.5. The van der Waals surface area contributed by atoms with Gasteiger partial charge in [-0.15, -0.1) is 6.42 Å². The van der Waals surface area contributed by atoms with E-state index in [0.717, 1.165) is 13.0 Å². The van der Waals surface area contributed by atoms with Crippen molar-refractivity contribution >= 4 is 10.0 Å². The molecule has 1 unspecified atom stereocenters. The zero-order valence-corrected chi connectivity index (χ0v) is 10.2. The lowest BCUT2D eigenvalue weighted by atomic mass is 10.2. The lowest BCUT2D eigenvalue weighted by Gasteiger charge is -2.12. The minimum atomic E-state index is -3.24. The van der Waals surface area contributed by atoms with Crippen molar-refractivity contribution in [1.29, 1.82) is 0 Å². The van der Waals surface area contributed by atoms with E-state index in [4.69, 9.17) is 6.42 Å². The summed E-state index contributed by atoms with van der Waals surface area (Å²) in [6.45, 7) is 5.12. The predicted molar refractivity (Wildman–Crippen MR) is 63.0 cm³/mol. The Morgan fingerprint density at radius 1 is 1.40 bits per heavy atom. The van der Waals surface area contributed by atoms with E-state index in [0.29, 0.717) is 13.0 Å². The monoisotopic (exact) mass is 232 g/mol. The smallest absolute Gasteiger partial charge is 0.213 e. The van der Waals surface area contributed by atoms with Crippen LogP contribution in [0.2, 0.25) is 0 Å². The van der Waals surface area contributed by atoms with Crippen LogP contribution in [-0.4, -0.2) is 33.3 Å². The van der Waals surface area contributed by atoms with E-state index in [1.54, 1.807) is 0 Å². The first-order chi connectivity index (χ1) is 7.05. The van der Waals surface area contributed by atoms with Crippen molar-refractivity contribution in [3.8, 4) is 12.3 Å². The first-order valence-corrected chi connectivity index (χ1v) is 6.87. The fourth-order valence-electron chi connectivity index (χ4n) is 1.12. The Hall–Kier alpha value is -0.570. The van der Waals surface area contributed by atoms with Crippen molar-refractivity contribution in [2.24, 2.45) is 0 Å². The van der Waals surface area contributed by atoms with Gasteiger partial charge in [0.1, 0.15) is 0 Å². The summed E-state index contributed by atoms with van der Waals surface area (Å²) in [6, 6.07) is -0.373. The molecule has 0 aromatic rings. The number of hydrogen-bond donors (Lipinski definition) is 2. The van der Waals surface area contributed by atoms with E-state index in [9.17, 15) is 8.42 Å². The van der Waals surface area contributed by atoms with Gasteiger partial charge >= 0.3 is 0 Å². The number of nitrogens with one attached hydrogen (secondary N) is 2. The van der Waals surface area contributed by atoms with Gasteiger partial charge in [-0.25, -0.2) is 13.1 Å². The first kappa shape index (κ1) is 14.4. The fourth-order valence-corrected chi connectivity index (χ4v) is 2.27. The van der Waals surface area contributed by atoms with Crippen LogP contribution < -0.4 is 10.0 Å². The topological polar surface area (TPSA) is 58.2 Å². The van der Waals surface area contributed by atoms with Crippen molar-refractivity contribution in [3.05, 3.63) is 0 Å². The maximum atomic E-state index is 11.5. The minimum Gasteiger partial charge on any atom is -0.316 e. The highest BCUT2D eigenvalue weighted by atomic mass is 32.2. The molecule has 0 saturated heterocycles. The summed E-state index contributed by atoms with van der Waals surface area (Å²) in [5.74, 6) is 2.51. The van der Waals surface area contributed by atoms with Crippen LogP contribution >= 0.6 is 0 Å². The van der Waals surface area contributed by atoms with Crippen molar-refractivity contribution in [1.82, 2.24) is 10.0 Å². The summed E-state index contributed by atoms with van der Waals surface area (Å²) in [5.41, 5.74) is 0. The first-order valence-electron chi connectivity index (χ1n) is 5.22. The molecule has 15 heavy (non-hydrogen) atoms. The maximum Gasteiger partial charge on any atom is 0.213 e. The normalized spacial score (nSPS) is 13.4. The second-order valence-corrected chi connectivity index (χ2v) is 5.17. The van der Waals surface area contributed by atoms with Crippen LogP contribution in [0.3, 0.4) is 0 Å². The molecule has 2 N–H and O–H groups in total. The molecule has 0 aliphatic rings. The average molecular weight is 232 g/mol. The van der Waals surface area contributed by atoms with E-state index in [1.165, 1.54) is 0 Å². The SMILES string of the molecule is C#CC(CCC)NS(=O)(=O)CCNCC. The molecule has 1 atom stereocenters. The summed E-state index contributed by atoms with van der Waals surface area (Å²) in [7, 11) is -3.24. The van der Waals surface area contributed by atoms with Gasteiger partial charge < -0.3 is 5.32 Å². The zero-order valence-electron chi connectivity index (χ0n) is 9.41. The average Bonchev–Trinajstić information content (AvgIpc) is 2.17. The highest BCUT2D eigenvalue weighted by Crippen LogP contribution is 1.97. The van der Waals surface area contributed by atoms with Crippen LogP contribution in [-0.2, 0) is 10.0 Å². The Bertz CT molecular complexity index is 293. The molecule has 0 aromatic carbocycles. The molecular weight excluding hydrogens is 212 g/mol. The van der Waals surface area contributed by atoms with Gasteiger partial charge in [0.15, 0.2) is 0 Å². The van der Waals surface area contributed by atoms with E-state index >= 15 is 0 Å². The van der Waals surface area contributed by atoms with Crippen molar-refractivity contribution in [2.45, 2.75) is 32.7 Å². The van der Waals surface area contributed by atoms with Gasteiger partial charge in [-0.3, -0.25) is 0 Å². The van der Waals surface area contributed by atoms with Gasteiger partial charge in [0.05, 0.1) is 11.8 Å². The molecule has 0 aliphatic carbocycles. The molecule has 0 aromatic heterocycles. The molecule has 0 rings (SSSR count). The van der Waals surface area contributed by atoms with Crippen LogP contribution in [0.15, 0.2) is 0 Å². The largest absolute Gasteiger partial charge is 0.316 e. The molecule has 0 heterocycles. The van der Waals surface area contributed by atoms with Gasteiger partial charge in [-0.1, -0.05) is 26.2 Å². The summed E-state index contributed by atoms with van der Waals surface area (Å²) >= 11 is 0. The van der Waals surface area contributed by atoms with Crippen LogP contribution in [0.25, 0.3) is 0 Å². The van der Waals surface area contributed by atoms with E-state index in [2.05, 4.69) is 16.0 Å². The number of rotatable bonds is 8. The third kappa shape index (κ3) is 7.37. The predicted octanol–water partition coefficient (Wildman–Crippen LogP) is 0.317. The highest BCUT2D eigenvalue weighted by molar-refractivity contribution is 7.89. The lowest BCUT2D eigenvalue weighted by Crippen LogP contribution is -2.38. The van der Waals surface area contributed by atoms with Crippen LogP contribution in [0.5, 0.6) is 0 Å². The number of terminal acetylenes is 1. The second kappa shape index (κ2) is 7.69. The van der Waals surface area contributed by atoms with Gasteiger partial charge in [-0.05, 0) is 13.0 Å². The highest BCUT2D eigenvalue weighted by Gasteiger charge is 2.14. The van der Waals surface area contributed by atoms with Crippen LogP contribution in [0, 0.1) is 12.3 Å². The molecule has 4 nitrogen and oxygen atoms in total. The quantitative estimate of drug-likeness (QED) is 0.468. The summed E-state index contributed by atoms with van der Waals surface area (Å²) in [5, 5.41) is 2.96. The van der Waals surface area contributed by atoms with Gasteiger partial charge in [0, 0.05) is 6.54 Å². The van der Waals surface area contributed by atoms with Gasteiger partial charge in [0.25, 0.3) is 0 Å². The fraction of sp³-hybridized carbons (Fsp3) is 0.800. The van der Waals surface area contributed by atoms with Crippen molar-refractivity contribution in [2.75, 3.05) is 18.8 Å². The molecule has 0 aliphatic heterocycles. The molecule has 0 bridgehead atoms. The second-order valence-electron chi connectivity index (χ2n) is 3.30. The zero-order chi connectivity index (χ0) is 11.7. The summed E-state index contributed by atoms with van der Waals surface area (Å²) in [4.78, 5) is 0. The Kier molecular flexibility index (Phi) is 7.39. The van der Waals surface area contributed by atoms with E-state index in [1.807, 2.05) is 13.8 Å². The molecule has 0 spiro atoms. The third-order valence-electron chi connectivity index (χ3n) is 1.90. The molecule has 0 fully saturated rings. The number of hydrogen-bond acceptors (Lipinski definition) is 3. The standard InChI is InChI=1S/C10H20N2O2S/c1-4-7-10(5-2)12-15(13,14)9-8-11-6-3/h2,10-12H,4,6-9H2,1,3H3. The Morgan fingerprint density at radius 3 is 2.53 bits per heavy atom. The van der Waals surface area contributed by atoms with E-state index < -0.39 is 10.0 Å². The van der Waals surface area contributed by atoms with Crippen molar-refractivity contribution < 1.29 is 8.42 Å². The summed E-state index contributed by atoms with van der Waals surface area (Å²) < 4.78 is 25.5. The lowest BCUT2D eigenvalue weighted by molar-refractivity contribution is 0.561. The molecule has 0 saturated carbocycles. The summed E-state index contributed by atoms with van der Waals surface area (Å²) in [6.07, 6.45) is 6.77. The van der Waals surface area contributed by atoms with Crippen LogP contribution in [0.1, 0.15) is 26.7 Å². The Morgan fingerprint density at radius 2 is 2.07 bits per heavy atom. The van der Waals surface area contributed by atoms with Crippen molar-refractivity contribution in [3.63, 3.8) is 0 Å². The van der Waals surface area contributed by atoms with Crippen LogP contribution in [0.4, 0.5) is 0 Å². The Labute approximate surface area is 92.9 Å². The van der Waals surface area contributed by atoms with Gasteiger partial charge in [0.2, 0.25) is 10.0 Å². The minimum absolute atomic E-state index is 0.0722. The van der Waals surface area contributed by atoms with E-state index in [-0.39, 0.29) is 11.8 Å².